The molecule has 1 aliphatic heterocycles. The van der Waals surface area contributed by atoms with Crippen molar-refractivity contribution in [1.82, 2.24) is 4.98 Å². The van der Waals surface area contributed by atoms with Crippen molar-refractivity contribution >= 4 is 38.8 Å². The normalized spacial score (nSPS) is 16.6. The largest absolute Gasteiger partial charge is 0.397 e. The summed E-state index contributed by atoms with van der Waals surface area (Å²) in [7, 11) is 0. The number of hydrogen-bond acceptors (Lipinski definition) is 4. The fourth-order valence-electron chi connectivity index (χ4n) is 3.48. The molecule has 3 aromatic rings. The van der Waals surface area contributed by atoms with Gasteiger partial charge in [0.2, 0.25) is 5.56 Å². The van der Waals surface area contributed by atoms with Crippen molar-refractivity contribution in [3.8, 4) is 0 Å². The summed E-state index contributed by atoms with van der Waals surface area (Å²) in [6.07, 6.45) is 0.836. The maximum Gasteiger partial charge on any atom is 0.270 e. The van der Waals surface area contributed by atoms with Crippen LogP contribution in [0.5, 0.6) is 0 Å². The number of fused-ring (bicyclic) bond motifs is 2. The lowest BCUT2D eigenvalue weighted by molar-refractivity contribution is 0.0986. The monoisotopic (exact) mass is 339 g/mol. The number of H-pyrrole nitrogens is 1. The van der Waals surface area contributed by atoms with Gasteiger partial charge in [-0.3, -0.25) is 9.59 Å². The first-order chi connectivity index (χ1) is 11.5. The van der Waals surface area contributed by atoms with Crippen LogP contribution in [0, 0.1) is 6.92 Å². The molecule has 0 radical (unpaired) electrons. The molecule has 6 heteroatoms. The maximum atomic E-state index is 13.2. The highest BCUT2D eigenvalue weighted by Crippen LogP contribution is 2.38. The standard InChI is InChI=1S/C18H17N3O2S/c1-9-7-13(22)20-17-14(9)15(19)16(24-17)18(23)21-10(2)8-11-5-3-4-6-12(11)21/h3-7,10H,8,19H2,1-2H3,(H,20,22)/t10-/m0/s1. The van der Waals surface area contributed by atoms with Gasteiger partial charge in [-0.05, 0) is 37.5 Å². The van der Waals surface area contributed by atoms with E-state index in [-0.39, 0.29) is 17.5 Å². The molecule has 0 aliphatic carbocycles. The Morgan fingerprint density at radius 1 is 1.38 bits per heavy atom. The molecule has 3 heterocycles. The van der Waals surface area contributed by atoms with Gasteiger partial charge in [-0.15, -0.1) is 11.3 Å². The summed E-state index contributed by atoms with van der Waals surface area (Å²) in [6.45, 7) is 3.87. The molecule has 0 fully saturated rings. The number of carbonyl (C=O) groups is 1. The molecular weight excluding hydrogens is 322 g/mol. The number of nitrogens with two attached hydrogens (primary N) is 1. The summed E-state index contributed by atoms with van der Waals surface area (Å²) in [5.74, 6) is -0.105. The van der Waals surface area contributed by atoms with Crippen LogP contribution >= 0.6 is 11.3 Å². The molecule has 0 saturated carbocycles. The third kappa shape index (κ3) is 2.06. The van der Waals surface area contributed by atoms with E-state index in [4.69, 9.17) is 5.73 Å². The molecule has 1 atom stereocenters. The third-order valence-corrected chi connectivity index (χ3v) is 5.65. The molecule has 1 aliphatic rings. The molecular formula is C18H17N3O2S. The molecule has 0 unspecified atom stereocenters. The molecule has 0 saturated heterocycles. The number of aromatic amines is 1. The quantitative estimate of drug-likeness (QED) is 0.715. The number of aryl methyl sites for hydroxylation is 1. The number of amides is 1. The lowest BCUT2D eigenvalue weighted by atomic mass is 10.1. The molecule has 3 N–H and O–H groups in total. The number of nitrogen functional groups attached to an aromatic ring is 1. The first kappa shape index (κ1) is 15.0. The Hall–Kier alpha value is -2.60. The summed E-state index contributed by atoms with van der Waals surface area (Å²) in [5, 5.41) is 0.767. The lowest BCUT2D eigenvalue weighted by Crippen LogP contribution is -2.35. The van der Waals surface area contributed by atoms with Crippen molar-refractivity contribution < 1.29 is 4.79 Å². The number of hydrogen-bond donors (Lipinski definition) is 2. The molecule has 122 valence electrons. The minimum atomic E-state index is -0.180. The van der Waals surface area contributed by atoms with E-state index < -0.39 is 0 Å². The van der Waals surface area contributed by atoms with E-state index in [1.807, 2.05) is 36.9 Å². The highest BCUT2D eigenvalue weighted by molar-refractivity contribution is 7.21. The van der Waals surface area contributed by atoms with Crippen LogP contribution in [0.3, 0.4) is 0 Å². The van der Waals surface area contributed by atoms with E-state index in [1.54, 1.807) is 0 Å². The highest BCUT2D eigenvalue weighted by atomic mass is 32.1. The summed E-state index contributed by atoms with van der Waals surface area (Å²) < 4.78 is 0. The Labute approximate surface area is 142 Å². The Bertz CT molecular complexity index is 1030. The second-order valence-corrected chi connectivity index (χ2v) is 7.24. The fraction of sp³-hybridized carbons (Fsp3) is 0.222. The number of rotatable bonds is 1. The molecule has 5 nitrogen and oxygen atoms in total. The zero-order valence-corrected chi connectivity index (χ0v) is 14.2. The number of para-hydroxylation sites is 1. The smallest absolute Gasteiger partial charge is 0.270 e. The number of benzene rings is 1. The second-order valence-electron chi connectivity index (χ2n) is 6.22. The second kappa shape index (κ2) is 5.21. The van der Waals surface area contributed by atoms with Crippen molar-refractivity contribution in [2.45, 2.75) is 26.3 Å². The van der Waals surface area contributed by atoms with Crippen molar-refractivity contribution in [1.29, 1.82) is 0 Å². The van der Waals surface area contributed by atoms with Gasteiger partial charge in [0.25, 0.3) is 5.91 Å². The van der Waals surface area contributed by atoms with E-state index in [2.05, 4.69) is 11.1 Å². The Morgan fingerprint density at radius 3 is 2.92 bits per heavy atom. The average molecular weight is 339 g/mol. The van der Waals surface area contributed by atoms with Crippen molar-refractivity contribution in [2.75, 3.05) is 10.6 Å². The van der Waals surface area contributed by atoms with E-state index in [9.17, 15) is 9.59 Å². The number of nitrogens with zero attached hydrogens (tertiary/aromatic N) is 1. The topological polar surface area (TPSA) is 79.2 Å². The number of thiophene rings is 1. The summed E-state index contributed by atoms with van der Waals surface area (Å²) >= 11 is 1.25. The van der Waals surface area contributed by atoms with Crippen LogP contribution in [-0.4, -0.2) is 16.9 Å². The van der Waals surface area contributed by atoms with Gasteiger partial charge < -0.3 is 15.6 Å². The predicted octanol–water partition coefficient (Wildman–Crippen LogP) is 3.07. The van der Waals surface area contributed by atoms with E-state index in [0.717, 1.165) is 23.1 Å². The van der Waals surface area contributed by atoms with Crippen LogP contribution in [0.25, 0.3) is 10.2 Å². The van der Waals surface area contributed by atoms with E-state index in [0.29, 0.717) is 15.4 Å². The zero-order chi connectivity index (χ0) is 17.0. The van der Waals surface area contributed by atoms with Gasteiger partial charge in [-0.2, -0.15) is 0 Å². The first-order valence-corrected chi connectivity index (χ1v) is 8.62. The van der Waals surface area contributed by atoms with Gasteiger partial charge >= 0.3 is 0 Å². The molecule has 4 rings (SSSR count). The molecule has 2 aromatic heterocycles. The number of pyridine rings is 1. The van der Waals surface area contributed by atoms with Crippen LogP contribution in [0.1, 0.15) is 27.7 Å². The highest BCUT2D eigenvalue weighted by Gasteiger charge is 2.33. The zero-order valence-electron chi connectivity index (χ0n) is 13.4. The molecule has 0 spiro atoms. The molecule has 1 aromatic carbocycles. The Morgan fingerprint density at radius 2 is 2.12 bits per heavy atom. The van der Waals surface area contributed by atoms with E-state index in [1.165, 1.54) is 23.0 Å². The Balaban J connectivity index is 1.87. The average Bonchev–Trinajstić information content (AvgIpc) is 3.03. The first-order valence-electron chi connectivity index (χ1n) is 7.80. The van der Waals surface area contributed by atoms with Crippen LogP contribution in [0.15, 0.2) is 35.1 Å². The number of nitrogens with one attached hydrogen (secondary N) is 1. The number of carbonyl (C=O) groups excluding carboxylic acids is 1. The van der Waals surface area contributed by atoms with Crippen molar-refractivity contribution in [3.05, 3.63) is 56.7 Å². The molecule has 24 heavy (non-hydrogen) atoms. The van der Waals surface area contributed by atoms with Gasteiger partial charge in [0.1, 0.15) is 9.71 Å². The summed E-state index contributed by atoms with van der Waals surface area (Å²) in [5.41, 5.74) is 9.43. The van der Waals surface area contributed by atoms with Crippen LogP contribution in [0.4, 0.5) is 11.4 Å². The minimum absolute atomic E-state index is 0.0830. The Kier molecular flexibility index (Phi) is 3.25. The summed E-state index contributed by atoms with van der Waals surface area (Å²) in [4.78, 5) is 30.6. The molecule has 0 bridgehead atoms. The predicted molar refractivity (Wildman–Crippen MR) is 98.0 cm³/mol. The van der Waals surface area contributed by atoms with Crippen LogP contribution < -0.4 is 16.2 Å². The maximum absolute atomic E-state index is 13.2. The van der Waals surface area contributed by atoms with Crippen LogP contribution in [-0.2, 0) is 6.42 Å². The van der Waals surface area contributed by atoms with Crippen LogP contribution in [0.2, 0.25) is 0 Å². The molecule has 1 amide bonds. The van der Waals surface area contributed by atoms with Gasteiger partial charge in [0.15, 0.2) is 0 Å². The van der Waals surface area contributed by atoms with Gasteiger partial charge in [-0.25, -0.2) is 0 Å². The van der Waals surface area contributed by atoms with Gasteiger partial charge in [0, 0.05) is 23.2 Å². The van der Waals surface area contributed by atoms with Crippen molar-refractivity contribution in [3.63, 3.8) is 0 Å². The van der Waals surface area contributed by atoms with Crippen molar-refractivity contribution in [2.24, 2.45) is 0 Å². The fourth-order valence-corrected chi connectivity index (χ4v) is 4.61. The lowest BCUT2D eigenvalue weighted by Gasteiger charge is -2.22. The van der Waals surface area contributed by atoms with E-state index >= 15 is 0 Å². The third-order valence-electron chi connectivity index (χ3n) is 4.54. The number of anilines is 2. The summed E-state index contributed by atoms with van der Waals surface area (Å²) in [6, 6.07) is 9.53. The van der Waals surface area contributed by atoms with Gasteiger partial charge in [0.05, 0.1) is 5.69 Å². The minimum Gasteiger partial charge on any atom is -0.397 e. The SMILES string of the molecule is Cc1cc(=O)[nH]c2sc(C(=O)N3c4ccccc4C[C@@H]3C)c(N)c12. The van der Waals surface area contributed by atoms with Gasteiger partial charge in [-0.1, -0.05) is 18.2 Å². The number of aromatic nitrogens is 1.